The fraction of sp³-hybridized carbons (Fsp3) is 0.154. The molecule has 0 unspecified atom stereocenters. The summed E-state index contributed by atoms with van der Waals surface area (Å²) in [5.74, 6) is -0.303. The van der Waals surface area contributed by atoms with Crippen LogP contribution in [0.3, 0.4) is 0 Å². The highest BCUT2D eigenvalue weighted by Gasteiger charge is 2.05. The second-order valence-corrected chi connectivity index (χ2v) is 7.40. The quantitative estimate of drug-likeness (QED) is 0.400. The maximum atomic E-state index is 10.6. The summed E-state index contributed by atoms with van der Waals surface area (Å²) in [4.78, 5) is 10.6. The number of rotatable bonds is 5. The molecule has 0 aliphatic heterocycles. The fourth-order valence-electron chi connectivity index (χ4n) is 3.40. The highest BCUT2D eigenvalue weighted by Crippen LogP contribution is 2.20. The molecule has 3 aromatic carbocycles. The molecule has 0 aliphatic rings. The van der Waals surface area contributed by atoms with E-state index in [1.807, 2.05) is 12.1 Å². The number of hydrogen-bond donors (Lipinski definition) is 3. The molecule has 0 spiro atoms. The van der Waals surface area contributed by atoms with Crippen LogP contribution in [0.1, 0.15) is 39.5 Å². The molecule has 1 amide bonds. The van der Waals surface area contributed by atoms with Crippen molar-refractivity contribution >= 4 is 23.0 Å². The van der Waals surface area contributed by atoms with Gasteiger partial charge in [0.25, 0.3) is 0 Å². The summed E-state index contributed by atoms with van der Waals surface area (Å²) >= 11 is 0. The summed E-state index contributed by atoms with van der Waals surface area (Å²) in [5.41, 5.74) is 10.9. The Morgan fingerprint density at radius 2 is 1.77 bits per heavy atom. The zero-order valence-electron chi connectivity index (χ0n) is 17.8. The van der Waals surface area contributed by atoms with Crippen molar-refractivity contribution in [2.24, 2.45) is 5.73 Å². The van der Waals surface area contributed by atoms with E-state index in [0.29, 0.717) is 11.1 Å². The number of amides is 1. The number of nitrogens with two attached hydrogens (primary N) is 1. The number of phenolic OH excluding ortho intramolecular Hbond substituents is 1. The second kappa shape index (κ2) is 9.76. The number of phenols is 1. The maximum absolute atomic E-state index is 10.6. The fourth-order valence-corrected chi connectivity index (χ4v) is 3.40. The SMILES string of the molecule is CCc1ccc(Cn2ccc3c(C=N)cccc32)cc1.Cc1cc(C(N)=O)ccc1O. The molecular weight excluding hydrogens is 386 g/mol. The molecule has 31 heavy (non-hydrogen) atoms. The molecule has 4 N–H and O–H groups in total. The van der Waals surface area contributed by atoms with Crippen LogP contribution in [0.2, 0.25) is 0 Å². The third kappa shape index (κ3) is 5.20. The molecule has 0 saturated carbocycles. The van der Waals surface area contributed by atoms with Gasteiger partial charge in [0.1, 0.15) is 5.75 Å². The lowest BCUT2D eigenvalue weighted by Gasteiger charge is -2.07. The predicted octanol–water partition coefficient (Wildman–Crippen LogP) is 5.05. The van der Waals surface area contributed by atoms with Crippen molar-refractivity contribution < 1.29 is 9.90 Å². The summed E-state index contributed by atoms with van der Waals surface area (Å²) in [6, 6.07) is 21.5. The molecule has 1 aromatic heterocycles. The second-order valence-electron chi connectivity index (χ2n) is 7.40. The summed E-state index contributed by atoms with van der Waals surface area (Å²) < 4.78 is 2.24. The average molecular weight is 414 g/mol. The summed E-state index contributed by atoms with van der Waals surface area (Å²) in [6.45, 7) is 4.75. The Balaban J connectivity index is 0.000000210. The van der Waals surface area contributed by atoms with Gasteiger partial charge in [0, 0.05) is 41.0 Å². The Labute approximate surface area is 182 Å². The van der Waals surface area contributed by atoms with E-state index in [1.54, 1.807) is 13.0 Å². The number of nitrogens with zero attached hydrogens (tertiary/aromatic N) is 1. The van der Waals surface area contributed by atoms with Crippen molar-refractivity contribution in [3.05, 3.63) is 101 Å². The van der Waals surface area contributed by atoms with E-state index in [9.17, 15) is 4.79 Å². The Hall–Kier alpha value is -3.86. The van der Waals surface area contributed by atoms with Crippen LogP contribution in [0.15, 0.2) is 72.9 Å². The number of carbonyl (C=O) groups is 1. The summed E-state index contributed by atoms with van der Waals surface area (Å²) in [5, 5.41) is 17.7. The van der Waals surface area contributed by atoms with E-state index in [4.69, 9.17) is 16.2 Å². The van der Waals surface area contributed by atoms with Crippen LogP contribution in [0.25, 0.3) is 10.9 Å². The molecule has 158 valence electrons. The third-order valence-corrected chi connectivity index (χ3v) is 5.27. The van der Waals surface area contributed by atoms with Gasteiger partial charge in [0.2, 0.25) is 5.91 Å². The first kappa shape index (κ1) is 21.8. The molecular formula is C26H27N3O2. The molecule has 0 aliphatic carbocycles. The molecule has 0 bridgehead atoms. The van der Waals surface area contributed by atoms with Crippen molar-refractivity contribution in [2.45, 2.75) is 26.8 Å². The Morgan fingerprint density at radius 3 is 2.39 bits per heavy atom. The Bertz CT molecular complexity index is 1210. The van der Waals surface area contributed by atoms with Gasteiger partial charge in [-0.3, -0.25) is 4.79 Å². The first-order chi connectivity index (χ1) is 14.9. The van der Waals surface area contributed by atoms with Crippen LogP contribution in [0, 0.1) is 12.3 Å². The minimum atomic E-state index is -0.479. The average Bonchev–Trinajstić information content (AvgIpc) is 3.19. The van der Waals surface area contributed by atoms with E-state index < -0.39 is 5.91 Å². The van der Waals surface area contributed by atoms with Crippen LogP contribution < -0.4 is 5.73 Å². The van der Waals surface area contributed by atoms with Crippen molar-refractivity contribution in [1.29, 1.82) is 5.41 Å². The zero-order chi connectivity index (χ0) is 22.4. The van der Waals surface area contributed by atoms with Gasteiger partial charge in [-0.25, -0.2) is 0 Å². The Morgan fingerprint density at radius 1 is 1.06 bits per heavy atom. The highest BCUT2D eigenvalue weighted by atomic mass is 16.3. The van der Waals surface area contributed by atoms with E-state index in [0.717, 1.165) is 23.9 Å². The van der Waals surface area contributed by atoms with Gasteiger partial charge < -0.3 is 20.8 Å². The number of aryl methyl sites for hydroxylation is 2. The van der Waals surface area contributed by atoms with Gasteiger partial charge in [0.05, 0.1) is 0 Å². The monoisotopic (exact) mass is 413 g/mol. The lowest BCUT2D eigenvalue weighted by Crippen LogP contribution is -2.10. The van der Waals surface area contributed by atoms with Crippen molar-refractivity contribution in [2.75, 3.05) is 0 Å². The van der Waals surface area contributed by atoms with Crippen molar-refractivity contribution in [3.8, 4) is 5.75 Å². The van der Waals surface area contributed by atoms with Gasteiger partial charge in [0.15, 0.2) is 0 Å². The standard InChI is InChI=1S/C18H18N2.C8H9NO2/c1-2-14-6-8-15(9-7-14)13-20-11-10-17-16(12-19)4-3-5-18(17)20;1-5-4-6(8(9)11)2-3-7(5)10/h3-12,19H,2,13H2,1H3;2-4,10H,1H3,(H2,9,11). The number of fused-ring (bicyclic) bond motifs is 1. The first-order valence-corrected chi connectivity index (χ1v) is 10.2. The first-order valence-electron chi connectivity index (χ1n) is 10.2. The number of carbonyl (C=O) groups excluding carboxylic acids is 1. The van der Waals surface area contributed by atoms with Crippen LogP contribution in [-0.2, 0) is 13.0 Å². The number of hydrogen-bond acceptors (Lipinski definition) is 3. The van der Waals surface area contributed by atoms with Crippen LogP contribution in [0.5, 0.6) is 5.75 Å². The summed E-state index contributed by atoms with van der Waals surface area (Å²) in [6.07, 6.45) is 4.60. The molecule has 0 fully saturated rings. The molecule has 0 saturated heterocycles. The maximum Gasteiger partial charge on any atom is 0.248 e. The van der Waals surface area contributed by atoms with Crippen LogP contribution in [-0.4, -0.2) is 21.8 Å². The third-order valence-electron chi connectivity index (χ3n) is 5.27. The zero-order valence-corrected chi connectivity index (χ0v) is 17.8. The van der Waals surface area contributed by atoms with E-state index in [2.05, 4.69) is 54.1 Å². The number of benzene rings is 3. The smallest absolute Gasteiger partial charge is 0.248 e. The van der Waals surface area contributed by atoms with Gasteiger partial charge in [-0.2, -0.15) is 0 Å². The molecule has 4 aromatic rings. The Kier molecular flexibility index (Phi) is 6.88. The van der Waals surface area contributed by atoms with E-state index in [1.165, 1.54) is 35.0 Å². The molecule has 0 radical (unpaired) electrons. The molecule has 5 nitrogen and oxygen atoms in total. The molecule has 0 atom stereocenters. The summed E-state index contributed by atoms with van der Waals surface area (Å²) in [7, 11) is 0. The van der Waals surface area contributed by atoms with Gasteiger partial charge in [-0.1, -0.05) is 43.3 Å². The largest absolute Gasteiger partial charge is 0.508 e. The minimum absolute atomic E-state index is 0.176. The lowest BCUT2D eigenvalue weighted by atomic mass is 10.1. The van der Waals surface area contributed by atoms with E-state index >= 15 is 0 Å². The molecule has 4 rings (SSSR count). The van der Waals surface area contributed by atoms with Gasteiger partial charge >= 0.3 is 0 Å². The van der Waals surface area contributed by atoms with Gasteiger partial charge in [-0.05, 0) is 60.4 Å². The van der Waals surface area contributed by atoms with E-state index in [-0.39, 0.29) is 5.75 Å². The number of aromatic nitrogens is 1. The molecule has 5 heteroatoms. The van der Waals surface area contributed by atoms with Crippen molar-refractivity contribution in [3.63, 3.8) is 0 Å². The highest BCUT2D eigenvalue weighted by molar-refractivity contribution is 5.98. The number of aromatic hydroxyl groups is 1. The van der Waals surface area contributed by atoms with Gasteiger partial charge in [-0.15, -0.1) is 0 Å². The normalized spacial score (nSPS) is 10.4. The van der Waals surface area contributed by atoms with Crippen molar-refractivity contribution in [1.82, 2.24) is 4.57 Å². The number of nitrogens with one attached hydrogen (secondary N) is 1. The van der Waals surface area contributed by atoms with Crippen LogP contribution >= 0.6 is 0 Å². The van der Waals surface area contributed by atoms with Crippen LogP contribution in [0.4, 0.5) is 0 Å². The lowest BCUT2D eigenvalue weighted by molar-refractivity contribution is 0.1000. The molecule has 1 heterocycles. The topological polar surface area (TPSA) is 92.1 Å². The minimum Gasteiger partial charge on any atom is -0.508 e. The predicted molar refractivity (Wildman–Crippen MR) is 126 cm³/mol. The number of primary amides is 1.